The van der Waals surface area contributed by atoms with Gasteiger partial charge in [-0.3, -0.25) is 9.59 Å². The highest BCUT2D eigenvalue weighted by Gasteiger charge is 2.23. The maximum Gasteiger partial charge on any atom is 0.262 e. The number of hydrogen-bond acceptors (Lipinski definition) is 3. The number of H-pyrrole nitrogens is 1. The SMILES string of the molecule is O=C(N[C@@H](Cc1c[nH]c2ccccc12)C(=O)NCCc1cccc(F)c1)c1cccs1. The van der Waals surface area contributed by atoms with E-state index in [9.17, 15) is 14.0 Å². The van der Waals surface area contributed by atoms with E-state index in [0.29, 0.717) is 24.3 Å². The summed E-state index contributed by atoms with van der Waals surface area (Å²) >= 11 is 1.33. The van der Waals surface area contributed by atoms with Crippen LogP contribution in [0, 0.1) is 5.82 Å². The fourth-order valence-corrected chi connectivity index (χ4v) is 4.14. The quantitative estimate of drug-likeness (QED) is 0.390. The van der Waals surface area contributed by atoms with E-state index in [2.05, 4.69) is 15.6 Å². The molecular weight excluding hydrogens is 413 g/mol. The van der Waals surface area contributed by atoms with Gasteiger partial charge in [0.15, 0.2) is 0 Å². The minimum absolute atomic E-state index is 0.272. The second-order valence-corrected chi connectivity index (χ2v) is 8.19. The van der Waals surface area contributed by atoms with Gasteiger partial charge in [-0.05, 0) is 47.2 Å². The van der Waals surface area contributed by atoms with E-state index in [-0.39, 0.29) is 17.6 Å². The molecule has 2 aromatic heterocycles. The molecule has 0 aliphatic carbocycles. The molecule has 5 nitrogen and oxygen atoms in total. The maximum absolute atomic E-state index is 13.4. The average molecular weight is 436 g/mol. The lowest BCUT2D eigenvalue weighted by molar-refractivity contribution is -0.122. The van der Waals surface area contributed by atoms with Gasteiger partial charge in [0.2, 0.25) is 5.91 Å². The lowest BCUT2D eigenvalue weighted by Crippen LogP contribution is -2.48. The topological polar surface area (TPSA) is 74.0 Å². The number of para-hydroxylation sites is 1. The Morgan fingerprint density at radius 3 is 2.74 bits per heavy atom. The summed E-state index contributed by atoms with van der Waals surface area (Å²) in [6, 6.07) is 16.9. The summed E-state index contributed by atoms with van der Waals surface area (Å²) in [6.45, 7) is 0.349. The Balaban J connectivity index is 1.47. The van der Waals surface area contributed by atoms with Crippen molar-refractivity contribution in [3.63, 3.8) is 0 Å². The van der Waals surface area contributed by atoms with Gasteiger partial charge in [0, 0.05) is 30.1 Å². The Bertz CT molecular complexity index is 1190. The van der Waals surface area contributed by atoms with E-state index < -0.39 is 6.04 Å². The number of halogens is 1. The molecule has 2 aromatic carbocycles. The van der Waals surface area contributed by atoms with Crippen molar-refractivity contribution < 1.29 is 14.0 Å². The first-order valence-electron chi connectivity index (χ1n) is 10.0. The van der Waals surface area contributed by atoms with E-state index in [1.54, 1.807) is 18.2 Å². The number of amides is 2. The molecule has 3 N–H and O–H groups in total. The van der Waals surface area contributed by atoms with Crippen molar-refractivity contribution in [2.24, 2.45) is 0 Å². The lowest BCUT2D eigenvalue weighted by atomic mass is 10.0. The monoisotopic (exact) mass is 435 g/mol. The van der Waals surface area contributed by atoms with Crippen molar-refractivity contribution in [1.29, 1.82) is 0 Å². The standard InChI is InChI=1S/C24H22FN3O2S/c25-18-6-3-5-16(13-18)10-11-26-23(29)21(28-24(30)22-9-4-12-31-22)14-17-15-27-20-8-2-1-7-19(17)20/h1-9,12-13,15,21,27H,10-11,14H2,(H,26,29)(H,28,30)/t21-/m0/s1. The van der Waals surface area contributed by atoms with E-state index in [1.807, 2.05) is 41.9 Å². The highest BCUT2D eigenvalue weighted by Crippen LogP contribution is 2.19. The van der Waals surface area contributed by atoms with Gasteiger partial charge < -0.3 is 15.6 Å². The Hall–Kier alpha value is -3.45. The zero-order valence-electron chi connectivity index (χ0n) is 16.7. The van der Waals surface area contributed by atoms with Crippen molar-refractivity contribution in [3.8, 4) is 0 Å². The number of aromatic amines is 1. The van der Waals surface area contributed by atoms with Crippen LogP contribution >= 0.6 is 11.3 Å². The molecule has 4 aromatic rings. The number of fused-ring (bicyclic) bond motifs is 1. The Morgan fingerprint density at radius 2 is 1.94 bits per heavy atom. The van der Waals surface area contributed by atoms with Crippen LogP contribution in [0.5, 0.6) is 0 Å². The molecule has 31 heavy (non-hydrogen) atoms. The fourth-order valence-electron chi connectivity index (χ4n) is 3.51. The predicted octanol–water partition coefficient (Wildman–Crippen LogP) is 4.07. The summed E-state index contributed by atoms with van der Waals surface area (Å²) in [4.78, 5) is 29.3. The van der Waals surface area contributed by atoms with Crippen LogP contribution in [0.15, 0.2) is 72.2 Å². The molecule has 0 radical (unpaired) electrons. The first-order valence-corrected chi connectivity index (χ1v) is 10.9. The first-order chi connectivity index (χ1) is 15.1. The van der Waals surface area contributed by atoms with Crippen LogP contribution in [0.25, 0.3) is 10.9 Å². The molecule has 0 saturated heterocycles. The Kier molecular flexibility index (Phi) is 6.43. The Labute approximate surface area is 183 Å². The van der Waals surface area contributed by atoms with Crippen LogP contribution in [0.1, 0.15) is 20.8 Å². The summed E-state index contributed by atoms with van der Waals surface area (Å²) in [5.41, 5.74) is 2.73. The van der Waals surface area contributed by atoms with Gasteiger partial charge in [0.1, 0.15) is 11.9 Å². The summed E-state index contributed by atoms with van der Waals surface area (Å²) in [5.74, 6) is -0.851. The number of hydrogen-bond donors (Lipinski definition) is 3. The lowest BCUT2D eigenvalue weighted by Gasteiger charge is -2.18. The second-order valence-electron chi connectivity index (χ2n) is 7.24. The minimum atomic E-state index is -0.735. The molecule has 1 atom stereocenters. The largest absolute Gasteiger partial charge is 0.361 e. The van der Waals surface area contributed by atoms with Crippen LogP contribution in [0.3, 0.4) is 0 Å². The van der Waals surface area contributed by atoms with Gasteiger partial charge in [-0.15, -0.1) is 11.3 Å². The number of thiophene rings is 1. The molecular formula is C24H22FN3O2S. The van der Waals surface area contributed by atoms with Gasteiger partial charge in [-0.1, -0.05) is 36.4 Å². The molecule has 158 valence electrons. The van der Waals surface area contributed by atoms with Crippen LogP contribution in [-0.2, 0) is 17.6 Å². The smallest absolute Gasteiger partial charge is 0.262 e. The van der Waals surface area contributed by atoms with E-state index in [4.69, 9.17) is 0 Å². The molecule has 4 rings (SSSR count). The average Bonchev–Trinajstić information content (AvgIpc) is 3.44. The third-order valence-corrected chi connectivity index (χ3v) is 5.94. The van der Waals surface area contributed by atoms with Crippen molar-refractivity contribution in [3.05, 3.63) is 94.1 Å². The molecule has 2 heterocycles. The zero-order chi connectivity index (χ0) is 21.6. The summed E-state index contributed by atoms with van der Waals surface area (Å²) < 4.78 is 13.4. The number of nitrogens with one attached hydrogen (secondary N) is 3. The molecule has 0 unspecified atom stereocenters. The number of aromatic nitrogens is 1. The molecule has 2 amide bonds. The number of carbonyl (C=O) groups excluding carboxylic acids is 2. The van der Waals surface area contributed by atoms with Gasteiger partial charge in [0.05, 0.1) is 4.88 Å². The highest BCUT2D eigenvalue weighted by molar-refractivity contribution is 7.12. The summed E-state index contributed by atoms with van der Waals surface area (Å²) in [7, 11) is 0. The van der Waals surface area contributed by atoms with Gasteiger partial charge >= 0.3 is 0 Å². The molecule has 0 aliphatic rings. The normalized spacial score (nSPS) is 11.9. The van der Waals surface area contributed by atoms with E-state index >= 15 is 0 Å². The van der Waals surface area contributed by atoms with Crippen molar-refractivity contribution >= 4 is 34.1 Å². The minimum Gasteiger partial charge on any atom is -0.361 e. The number of carbonyl (C=O) groups is 2. The maximum atomic E-state index is 13.4. The van der Waals surface area contributed by atoms with Crippen molar-refractivity contribution in [2.45, 2.75) is 18.9 Å². The van der Waals surface area contributed by atoms with Gasteiger partial charge in [-0.25, -0.2) is 4.39 Å². The molecule has 7 heteroatoms. The molecule has 0 bridgehead atoms. The van der Waals surface area contributed by atoms with E-state index in [1.165, 1.54) is 23.5 Å². The van der Waals surface area contributed by atoms with Crippen LogP contribution < -0.4 is 10.6 Å². The van der Waals surface area contributed by atoms with Gasteiger partial charge in [-0.2, -0.15) is 0 Å². The predicted molar refractivity (Wildman–Crippen MR) is 121 cm³/mol. The molecule has 0 aliphatic heterocycles. The van der Waals surface area contributed by atoms with Crippen LogP contribution in [0.4, 0.5) is 4.39 Å². The van der Waals surface area contributed by atoms with Gasteiger partial charge in [0.25, 0.3) is 5.91 Å². The summed E-state index contributed by atoms with van der Waals surface area (Å²) in [6.07, 6.45) is 2.73. The Morgan fingerprint density at radius 1 is 1.06 bits per heavy atom. The molecule has 0 saturated carbocycles. The van der Waals surface area contributed by atoms with Crippen molar-refractivity contribution in [2.75, 3.05) is 6.54 Å². The third-order valence-electron chi connectivity index (χ3n) is 5.07. The molecule has 0 fully saturated rings. The van der Waals surface area contributed by atoms with Crippen LogP contribution in [-0.4, -0.2) is 29.4 Å². The number of rotatable bonds is 8. The number of benzene rings is 2. The first kappa shape index (κ1) is 20.8. The molecule has 0 spiro atoms. The van der Waals surface area contributed by atoms with E-state index in [0.717, 1.165) is 22.0 Å². The second kappa shape index (κ2) is 9.57. The van der Waals surface area contributed by atoms with Crippen LogP contribution in [0.2, 0.25) is 0 Å². The van der Waals surface area contributed by atoms with Crippen molar-refractivity contribution in [1.82, 2.24) is 15.6 Å². The summed E-state index contributed by atoms with van der Waals surface area (Å²) in [5, 5.41) is 8.59. The zero-order valence-corrected chi connectivity index (χ0v) is 17.5. The fraction of sp³-hybridized carbons (Fsp3) is 0.167. The third kappa shape index (κ3) is 5.19. The highest BCUT2D eigenvalue weighted by atomic mass is 32.1.